The minimum absolute atomic E-state index is 0.144. The molecule has 8 nitrogen and oxygen atoms in total. The van der Waals surface area contributed by atoms with Crippen LogP contribution >= 0.6 is 0 Å². The molecule has 0 unspecified atom stereocenters. The van der Waals surface area contributed by atoms with E-state index in [1.54, 1.807) is 36.4 Å². The Labute approximate surface area is 147 Å². The van der Waals surface area contributed by atoms with E-state index in [0.29, 0.717) is 17.1 Å². The van der Waals surface area contributed by atoms with Gasteiger partial charge in [-0.3, -0.25) is 14.9 Å². The average molecular weight is 351 g/mol. The van der Waals surface area contributed by atoms with E-state index in [1.165, 1.54) is 18.3 Å². The van der Waals surface area contributed by atoms with Crippen LogP contribution in [0.4, 0.5) is 5.88 Å². The number of furan rings is 1. The number of amides is 1. The monoisotopic (exact) mass is 351 g/mol. The summed E-state index contributed by atoms with van der Waals surface area (Å²) >= 11 is 0. The molecule has 130 valence electrons. The molecular formula is C18H13N3O5. The van der Waals surface area contributed by atoms with E-state index in [9.17, 15) is 14.9 Å². The van der Waals surface area contributed by atoms with Crippen molar-refractivity contribution in [1.82, 2.24) is 5.43 Å². The zero-order chi connectivity index (χ0) is 18.4. The normalized spacial score (nSPS) is 10.6. The van der Waals surface area contributed by atoms with Gasteiger partial charge in [-0.1, -0.05) is 30.3 Å². The third-order valence-corrected chi connectivity index (χ3v) is 3.25. The quantitative estimate of drug-likeness (QED) is 0.413. The Morgan fingerprint density at radius 2 is 1.81 bits per heavy atom. The number of nitrogens with zero attached hydrogens (tertiary/aromatic N) is 2. The van der Waals surface area contributed by atoms with Crippen molar-refractivity contribution in [2.45, 2.75) is 0 Å². The van der Waals surface area contributed by atoms with E-state index in [-0.39, 0.29) is 5.76 Å². The first-order chi connectivity index (χ1) is 12.6. The minimum atomic E-state index is -0.660. The van der Waals surface area contributed by atoms with Crippen LogP contribution in [-0.2, 0) is 0 Å². The summed E-state index contributed by atoms with van der Waals surface area (Å²) in [7, 11) is 0. The first kappa shape index (κ1) is 16.9. The van der Waals surface area contributed by atoms with E-state index >= 15 is 0 Å². The molecule has 0 saturated heterocycles. The van der Waals surface area contributed by atoms with Crippen LogP contribution in [0.3, 0.4) is 0 Å². The fourth-order valence-electron chi connectivity index (χ4n) is 2.08. The van der Waals surface area contributed by atoms with Crippen LogP contribution in [-0.4, -0.2) is 17.0 Å². The molecule has 0 atom stereocenters. The van der Waals surface area contributed by atoms with E-state index in [0.717, 1.165) is 0 Å². The van der Waals surface area contributed by atoms with Gasteiger partial charge >= 0.3 is 5.88 Å². The number of rotatable bonds is 6. The summed E-state index contributed by atoms with van der Waals surface area (Å²) in [5, 5.41) is 14.3. The lowest BCUT2D eigenvalue weighted by Crippen LogP contribution is -2.18. The van der Waals surface area contributed by atoms with Crippen LogP contribution in [0.15, 0.2) is 76.2 Å². The van der Waals surface area contributed by atoms with Crippen molar-refractivity contribution in [2.24, 2.45) is 5.10 Å². The Morgan fingerprint density at radius 3 is 2.54 bits per heavy atom. The molecule has 26 heavy (non-hydrogen) atoms. The Morgan fingerprint density at radius 1 is 1.08 bits per heavy atom. The van der Waals surface area contributed by atoms with Gasteiger partial charge in [-0.15, -0.1) is 0 Å². The van der Waals surface area contributed by atoms with Gasteiger partial charge in [0.15, 0.2) is 5.76 Å². The molecule has 0 saturated carbocycles. The number of hydrazone groups is 1. The summed E-state index contributed by atoms with van der Waals surface area (Å²) in [4.78, 5) is 22.2. The number of hydrogen-bond donors (Lipinski definition) is 1. The van der Waals surface area contributed by atoms with Crippen LogP contribution < -0.4 is 10.2 Å². The zero-order valence-corrected chi connectivity index (χ0v) is 13.4. The molecule has 0 aliphatic heterocycles. The number of nitro groups is 1. The molecule has 0 aliphatic rings. The van der Waals surface area contributed by atoms with Gasteiger partial charge in [-0.25, -0.2) is 5.43 Å². The van der Waals surface area contributed by atoms with Crippen molar-refractivity contribution in [3.63, 3.8) is 0 Å². The molecule has 3 aromatic rings. The van der Waals surface area contributed by atoms with E-state index in [2.05, 4.69) is 10.5 Å². The van der Waals surface area contributed by atoms with Gasteiger partial charge < -0.3 is 9.15 Å². The van der Waals surface area contributed by atoms with Crippen molar-refractivity contribution >= 4 is 18.0 Å². The van der Waals surface area contributed by atoms with E-state index < -0.39 is 16.7 Å². The SMILES string of the molecule is O=C(NN=Cc1ccc([N+](=O)[O-])o1)c1ccccc1Oc1ccccc1. The Hall–Kier alpha value is -3.94. The number of nitrogens with one attached hydrogen (secondary N) is 1. The van der Waals surface area contributed by atoms with E-state index in [4.69, 9.17) is 9.15 Å². The van der Waals surface area contributed by atoms with Crippen molar-refractivity contribution in [3.8, 4) is 11.5 Å². The molecular weight excluding hydrogens is 338 g/mol. The molecule has 0 radical (unpaired) electrons. The second kappa shape index (κ2) is 7.75. The van der Waals surface area contributed by atoms with Crippen LogP contribution in [0.5, 0.6) is 11.5 Å². The van der Waals surface area contributed by atoms with Crippen LogP contribution in [0.25, 0.3) is 0 Å². The van der Waals surface area contributed by atoms with Gasteiger partial charge in [-0.05, 0) is 30.3 Å². The Balaban J connectivity index is 1.69. The molecule has 1 amide bonds. The van der Waals surface area contributed by atoms with E-state index in [1.807, 2.05) is 18.2 Å². The van der Waals surface area contributed by atoms with Crippen LogP contribution in [0.2, 0.25) is 0 Å². The lowest BCUT2D eigenvalue weighted by atomic mass is 10.2. The van der Waals surface area contributed by atoms with Gasteiger partial charge in [0.1, 0.15) is 16.4 Å². The summed E-state index contributed by atoms with van der Waals surface area (Å²) in [6, 6.07) is 18.4. The van der Waals surface area contributed by atoms with Gasteiger partial charge in [0.05, 0.1) is 17.8 Å². The minimum Gasteiger partial charge on any atom is -0.457 e. The van der Waals surface area contributed by atoms with Crippen molar-refractivity contribution in [1.29, 1.82) is 0 Å². The lowest BCUT2D eigenvalue weighted by Gasteiger charge is -2.09. The highest BCUT2D eigenvalue weighted by Gasteiger charge is 2.13. The molecule has 0 fully saturated rings. The number of hydrogen-bond acceptors (Lipinski definition) is 6. The first-order valence-corrected chi connectivity index (χ1v) is 7.53. The maximum absolute atomic E-state index is 12.3. The molecule has 8 heteroatoms. The summed E-state index contributed by atoms with van der Waals surface area (Å²) in [6.45, 7) is 0. The molecule has 2 aromatic carbocycles. The Bertz CT molecular complexity index is 950. The van der Waals surface area contributed by atoms with Crippen molar-refractivity contribution in [3.05, 3.63) is 88.2 Å². The Kier molecular flexibility index (Phi) is 5.04. The average Bonchev–Trinajstić information content (AvgIpc) is 3.12. The molecule has 1 heterocycles. The molecule has 0 bridgehead atoms. The smallest absolute Gasteiger partial charge is 0.433 e. The fraction of sp³-hybridized carbons (Fsp3) is 0. The molecule has 1 N–H and O–H groups in total. The third kappa shape index (κ3) is 4.12. The summed E-state index contributed by atoms with van der Waals surface area (Å²) < 4.78 is 10.6. The standard InChI is InChI=1S/C18H13N3O5/c22-18(20-19-12-14-10-11-17(26-14)21(23)24)15-8-4-5-9-16(15)25-13-6-2-1-3-7-13/h1-12H,(H,20,22). The maximum Gasteiger partial charge on any atom is 0.433 e. The third-order valence-electron chi connectivity index (χ3n) is 3.25. The first-order valence-electron chi connectivity index (χ1n) is 7.53. The number of carbonyl (C=O) groups is 1. The molecule has 3 rings (SSSR count). The fourth-order valence-corrected chi connectivity index (χ4v) is 2.08. The predicted octanol–water partition coefficient (Wildman–Crippen LogP) is 3.74. The maximum atomic E-state index is 12.3. The number of benzene rings is 2. The highest BCUT2D eigenvalue weighted by atomic mass is 16.6. The molecule has 1 aromatic heterocycles. The van der Waals surface area contributed by atoms with Crippen LogP contribution in [0, 0.1) is 10.1 Å². The largest absolute Gasteiger partial charge is 0.457 e. The van der Waals surface area contributed by atoms with Gasteiger partial charge in [0.2, 0.25) is 0 Å². The number of ether oxygens (including phenoxy) is 1. The van der Waals surface area contributed by atoms with Crippen molar-refractivity contribution < 1.29 is 18.9 Å². The number of para-hydroxylation sites is 2. The summed E-state index contributed by atoms with van der Waals surface area (Å²) in [6.07, 6.45) is 1.17. The predicted molar refractivity (Wildman–Crippen MR) is 93.4 cm³/mol. The second-order valence-electron chi connectivity index (χ2n) is 5.04. The van der Waals surface area contributed by atoms with Crippen molar-refractivity contribution in [2.75, 3.05) is 0 Å². The van der Waals surface area contributed by atoms with Gasteiger partial charge in [-0.2, -0.15) is 5.10 Å². The van der Waals surface area contributed by atoms with Crippen LogP contribution in [0.1, 0.15) is 16.1 Å². The van der Waals surface area contributed by atoms with Gasteiger partial charge in [0.25, 0.3) is 5.91 Å². The summed E-state index contributed by atoms with van der Waals surface area (Å²) in [5.74, 6) is 0.221. The molecule has 0 aliphatic carbocycles. The number of carbonyl (C=O) groups excluding carboxylic acids is 1. The van der Waals surface area contributed by atoms with Gasteiger partial charge in [0, 0.05) is 0 Å². The second-order valence-corrected chi connectivity index (χ2v) is 5.04. The molecule has 0 spiro atoms. The topological polar surface area (TPSA) is 107 Å². The highest BCUT2D eigenvalue weighted by Crippen LogP contribution is 2.24. The zero-order valence-electron chi connectivity index (χ0n) is 13.4. The lowest BCUT2D eigenvalue weighted by molar-refractivity contribution is -0.402. The highest BCUT2D eigenvalue weighted by molar-refractivity contribution is 5.97. The summed E-state index contributed by atoms with van der Waals surface area (Å²) in [5.41, 5.74) is 2.62.